The maximum atomic E-state index is 14.2. The molecule has 1 heterocycles. The Kier molecular flexibility index (Phi) is 12.5. The summed E-state index contributed by atoms with van der Waals surface area (Å²) >= 11 is 0. The molecule has 2 aliphatic carbocycles. The molecule has 9 atom stereocenters. The molecule has 0 saturated heterocycles. The Balaban J connectivity index is 2.38. The molecule has 264 valence electrons. The van der Waals surface area contributed by atoms with Gasteiger partial charge in [-0.25, -0.2) is 4.79 Å². The second-order valence-electron chi connectivity index (χ2n) is 13.9. The van der Waals surface area contributed by atoms with Crippen molar-refractivity contribution in [3.8, 4) is 0 Å². The minimum atomic E-state index is -2.14. The molecule has 12 heteroatoms. The molecule has 0 amide bonds. The van der Waals surface area contributed by atoms with Crippen LogP contribution in [0, 0.1) is 29.1 Å². The molecule has 0 aliphatic heterocycles. The van der Waals surface area contributed by atoms with E-state index in [1.807, 2.05) is 13.8 Å². The summed E-state index contributed by atoms with van der Waals surface area (Å²) in [6.45, 7) is 18.5. The lowest BCUT2D eigenvalue weighted by Crippen LogP contribution is -2.58. The van der Waals surface area contributed by atoms with Crippen LogP contribution in [-0.4, -0.2) is 82.5 Å². The summed E-state index contributed by atoms with van der Waals surface area (Å²) in [6, 6.07) is 3.09. The zero-order chi connectivity index (χ0) is 36.1. The van der Waals surface area contributed by atoms with Gasteiger partial charge in [0, 0.05) is 51.1 Å². The number of ketones is 1. The summed E-state index contributed by atoms with van der Waals surface area (Å²) in [5.41, 5.74) is -3.12. The summed E-state index contributed by atoms with van der Waals surface area (Å²) in [5.74, 6) is -6.32. The number of carbonyl (C=O) groups excluding carboxylic acids is 5. The summed E-state index contributed by atoms with van der Waals surface area (Å²) in [5, 5.41) is 12.3. The highest BCUT2D eigenvalue weighted by atomic mass is 16.6. The van der Waals surface area contributed by atoms with Crippen LogP contribution in [0.3, 0.4) is 0 Å². The van der Waals surface area contributed by atoms with Gasteiger partial charge in [0.25, 0.3) is 0 Å². The minimum Gasteiger partial charge on any atom is -0.462 e. The number of nitrogens with zero attached hydrogens (tertiary/aromatic N) is 1. The van der Waals surface area contributed by atoms with Crippen molar-refractivity contribution < 1.29 is 52.8 Å². The van der Waals surface area contributed by atoms with Crippen LogP contribution in [0.25, 0.3) is 0 Å². The van der Waals surface area contributed by atoms with Gasteiger partial charge in [0.2, 0.25) is 0 Å². The monoisotopic (exact) mass is 671 g/mol. The highest BCUT2D eigenvalue weighted by Gasteiger charge is 2.63. The summed E-state index contributed by atoms with van der Waals surface area (Å²) in [7, 11) is 0. The van der Waals surface area contributed by atoms with Gasteiger partial charge in [0.05, 0.1) is 11.5 Å². The van der Waals surface area contributed by atoms with Crippen LogP contribution >= 0.6 is 0 Å². The van der Waals surface area contributed by atoms with Gasteiger partial charge in [-0.2, -0.15) is 0 Å². The van der Waals surface area contributed by atoms with E-state index in [2.05, 4.69) is 11.6 Å². The maximum absolute atomic E-state index is 14.2. The second-order valence-corrected chi connectivity index (χ2v) is 13.9. The lowest BCUT2D eigenvalue weighted by Gasteiger charge is -2.44. The fraction of sp³-hybridized carbons (Fsp3) is 0.611. The van der Waals surface area contributed by atoms with E-state index < -0.39 is 89.0 Å². The van der Waals surface area contributed by atoms with Crippen LogP contribution in [0.15, 0.2) is 48.8 Å². The zero-order valence-electron chi connectivity index (χ0n) is 29.3. The first-order valence-electron chi connectivity index (χ1n) is 16.2. The molecule has 48 heavy (non-hydrogen) atoms. The Labute approximate surface area is 282 Å². The van der Waals surface area contributed by atoms with E-state index in [-0.39, 0.29) is 30.1 Å². The number of allylic oxidation sites excluding steroid dienone is 1. The first kappa shape index (κ1) is 38.5. The number of Topliss-reactive ketones (excluding diaryl/α,β-unsaturated/α-hetero) is 1. The van der Waals surface area contributed by atoms with Gasteiger partial charge in [-0.1, -0.05) is 60.3 Å². The number of pyridine rings is 1. The lowest BCUT2D eigenvalue weighted by molar-refractivity contribution is -0.181. The molecular formula is C36H49NO11. The number of aliphatic hydroxyl groups is 1. The third-order valence-electron chi connectivity index (χ3n) is 8.78. The van der Waals surface area contributed by atoms with Gasteiger partial charge >= 0.3 is 23.9 Å². The van der Waals surface area contributed by atoms with E-state index in [1.165, 1.54) is 32.3 Å². The molecule has 1 aromatic rings. The first-order chi connectivity index (χ1) is 22.3. The summed E-state index contributed by atoms with van der Waals surface area (Å²) in [6.07, 6.45) is -0.521. The highest BCUT2D eigenvalue weighted by molar-refractivity contribution is 5.91. The number of rotatable bonds is 8. The number of hydrogen-bond acceptors (Lipinski definition) is 12. The van der Waals surface area contributed by atoms with Crippen LogP contribution in [0.2, 0.25) is 0 Å². The van der Waals surface area contributed by atoms with Crippen molar-refractivity contribution in [2.45, 2.75) is 105 Å². The second kappa shape index (κ2) is 15.5. The molecule has 0 aromatic carbocycles. The van der Waals surface area contributed by atoms with Crippen molar-refractivity contribution in [3.63, 3.8) is 0 Å². The Bertz CT molecular complexity index is 1400. The number of hydrogen-bond donors (Lipinski definition) is 1. The Hall–Kier alpha value is -3.90. The quantitative estimate of drug-likeness (QED) is 0.238. The van der Waals surface area contributed by atoms with E-state index >= 15 is 0 Å². The number of ether oxygens (including phenoxy) is 5. The van der Waals surface area contributed by atoms with Gasteiger partial charge in [-0.05, 0) is 36.0 Å². The Morgan fingerprint density at radius 3 is 2.12 bits per heavy atom. The molecule has 1 N–H and O–H groups in total. The van der Waals surface area contributed by atoms with Gasteiger partial charge < -0.3 is 28.8 Å². The van der Waals surface area contributed by atoms with Crippen molar-refractivity contribution in [1.82, 2.24) is 4.98 Å². The SMILES string of the molecule is C=C1C(OC(C)=O)[C@H]2[C@@H](OC(C)=O)C(C)C[C@]2(O)C(=O)[C@H](C)/C=C\C(C)(C)C(OC(=O)c2cccnc2)[C@H](OC(C)=O)[C@@H]1OCC(C)C. The predicted molar refractivity (Wildman–Crippen MR) is 173 cm³/mol. The lowest BCUT2D eigenvalue weighted by atomic mass is 9.72. The molecule has 0 spiro atoms. The van der Waals surface area contributed by atoms with Crippen molar-refractivity contribution >= 4 is 29.7 Å². The number of fused-ring (bicyclic) bond motifs is 1. The van der Waals surface area contributed by atoms with Crippen molar-refractivity contribution in [2.24, 2.45) is 29.1 Å². The van der Waals surface area contributed by atoms with E-state index in [0.717, 1.165) is 6.92 Å². The van der Waals surface area contributed by atoms with E-state index in [4.69, 9.17) is 23.7 Å². The fourth-order valence-corrected chi connectivity index (χ4v) is 6.62. The van der Waals surface area contributed by atoms with Crippen molar-refractivity contribution in [1.29, 1.82) is 0 Å². The smallest absolute Gasteiger partial charge is 0.340 e. The zero-order valence-corrected chi connectivity index (χ0v) is 29.3. The molecule has 1 aromatic heterocycles. The molecule has 3 unspecified atom stereocenters. The number of carbonyl (C=O) groups is 5. The van der Waals surface area contributed by atoms with E-state index in [0.29, 0.717) is 0 Å². The number of esters is 4. The van der Waals surface area contributed by atoms with Gasteiger partial charge in [-0.15, -0.1) is 0 Å². The molecule has 1 fully saturated rings. The topological polar surface area (TPSA) is 165 Å². The Morgan fingerprint density at radius 1 is 0.979 bits per heavy atom. The molecule has 2 aliphatic rings. The molecule has 12 nitrogen and oxygen atoms in total. The minimum absolute atomic E-state index is 0.00927. The third kappa shape index (κ3) is 8.76. The summed E-state index contributed by atoms with van der Waals surface area (Å²) < 4.78 is 30.0. The van der Waals surface area contributed by atoms with Crippen LogP contribution in [-0.2, 0) is 42.9 Å². The van der Waals surface area contributed by atoms with Crippen molar-refractivity contribution in [2.75, 3.05) is 6.61 Å². The normalized spacial score (nSPS) is 32.6. The maximum Gasteiger partial charge on any atom is 0.340 e. The average Bonchev–Trinajstić information content (AvgIpc) is 3.24. The van der Waals surface area contributed by atoms with Crippen LogP contribution in [0.5, 0.6) is 0 Å². The molecular weight excluding hydrogens is 622 g/mol. The first-order valence-corrected chi connectivity index (χ1v) is 16.2. The molecule has 0 bridgehead atoms. The van der Waals surface area contributed by atoms with Crippen molar-refractivity contribution in [3.05, 3.63) is 54.4 Å². The van der Waals surface area contributed by atoms with Crippen LogP contribution < -0.4 is 0 Å². The largest absolute Gasteiger partial charge is 0.462 e. The van der Waals surface area contributed by atoms with E-state index in [9.17, 15) is 29.1 Å². The summed E-state index contributed by atoms with van der Waals surface area (Å²) in [4.78, 5) is 69.7. The van der Waals surface area contributed by atoms with Gasteiger partial charge in [-0.3, -0.25) is 24.2 Å². The van der Waals surface area contributed by atoms with Gasteiger partial charge in [0.1, 0.15) is 23.9 Å². The fourth-order valence-electron chi connectivity index (χ4n) is 6.62. The number of aromatic nitrogens is 1. The molecule has 0 radical (unpaired) electrons. The van der Waals surface area contributed by atoms with Crippen LogP contribution in [0.1, 0.15) is 79.1 Å². The third-order valence-corrected chi connectivity index (χ3v) is 8.78. The Morgan fingerprint density at radius 2 is 1.58 bits per heavy atom. The average molecular weight is 672 g/mol. The molecule has 3 rings (SSSR count). The molecule has 1 saturated carbocycles. The van der Waals surface area contributed by atoms with Crippen LogP contribution in [0.4, 0.5) is 0 Å². The predicted octanol–water partition coefficient (Wildman–Crippen LogP) is 4.19. The van der Waals surface area contributed by atoms with Gasteiger partial charge in [0.15, 0.2) is 18.0 Å². The standard InChI is InChI=1S/C36H49NO11/c1-19(2)18-44-30-22(5)29(46-24(7)39)27-28(45-23(6)38)21(4)16-36(27,43)32(41)20(3)13-14-35(9,10)33(31(30)47-25(8)40)48-34(42)26-12-11-15-37-17-26/h11-15,17,19-21,27-31,33,43H,5,16,18H2,1-4,6-10H3/b14-13-/t20-,21?,27-,28+,29?,30-,31-,33?,36-/m1/s1. The highest BCUT2D eigenvalue weighted by Crippen LogP contribution is 2.49. The van der Waals surface area contributed by atoms with E-state index in [1.54, 1.807) is 45.9 Å².